The van der Waals surface area contributed by atoms with Gasteiger partial charge in [0, 0.05) is 17.6 Å². The Balaban J connectivity index is 2.17. The van der Waals surface area contributed by atoms with Crippen molar-refractivity contribution in [3.05, 3.63) is 45.4 Å². The molecule has 0 amide bonds. The Labute approximate surface area is 129 Å². The lowest BCUT2D eigenvalue weighted by Gasteiger charge is -2.10. The minimum Gasteiger partial charge on any atom is -0.316 e. The number of benzene rings is 1. The van der Waals surface area contributed by atoms with Crippen molar-refractivity contribution in [1.82, 2.24) is 15.0 Å². The molecule has 2 N–H and O–H groups in total. The molecule has 0 aliphatic carbocycles. The highest BCUT2D eigenvalue weighted by atomic mass is 32.2. The summed E-state index contributed by atoms with van der Waals surface area (Å²) in [6, 6.07) is 5.17. The standard InChI is InChI=1S/C14H19N3O2S2/c1-10-4-5-13(6-12(10)7-15-3)21(18,19)16-8-14-17-11(2)9-20-14/h4-6,9,15-16H,7-8H2,1-3H3. The molecule has 2 aromatic rings. The summed E-state index contributed by atoms with van der Waals surface area (Å²) in [5, 5.41) is 5.71. The van der Waals surface area contributed by atoms with Crippen molar-refractivity contribution in [3.8, 4) is 0 Å². The van der Waals surface area contributed by atoms with Crippen LogP contribution in [0.5, 0.6) is 0 Å². The van der Waals surface area contributed by atoms with Crippen LogP contribution in [0.3, 0.4) is 0 Å². The Morgan fingerprint density at radius 1 is 1.24 bits per heavy atom. The fourth-order valence-corrected chi connectivity index (χ4v) is 3.76. The molecule has 0 fully saturated rings. The maximum Gasteiger partial charge on any atom is 0.240 e. The highest BCUT2D eigenvalue weighted by molar-refractivity contribution is 7.89. The maximum atomic E-state index is 12.3. The molecule has 5 nitrogen and oxygen atoms in total. The smallest absolute Gasteiger partial charge is 0.240 e. The van der Waals surface area contributed by atoms with E-state index in [9.17, 15) is 8.42 Å². The van der Waals surface area contributed by atoms with Crippen molar-refractivity contribution in [2.24, 2.45) is 0 Å². The van der Waals surface area contributed by atoms with Crippen LogP contribution in [0.25, 0.3) is 0 Å². The fourth-order valence-electron chi connectivity index (χ4n) is 1.92. The van der Waals surface area contributed by atoms with Crippen LogP contribution in [-0.4, -0.2) is 20.4 Å². The van der Waals surface area contributed by atoms with E-state index in [0.29, 0.717) is 6.54 Å². The predicted molar refractivity (Wildman–Crippen MR) is 84.8 cm³/mol. The van der Waals surface area contributed by atoms with Crippen LogP contribution >= 0.6 is 11.3 Å². The van der Waals surface area contributed by atoms with Crippen molar-refractivity contribution in [1.29, 1.82) is 0 Å². The second-order valence-corrected chi connectivity index (χ2v) is 7.54. The quantitative estimate of drug-likeness (QED) is 0.852. The first-order valence-electron chi connectivity index (χ1n) is 6.57. The van der Waals surface area contributed by atoms with Gasteiger partial charge in [-0.25, -0.2) is 18.1 Å². The molecular weight excluding hydrogens is 306 g/mol. The molecule has 0 unspecified atom stereocenters. The minimum absolute atomic E-state index is 0.218. The third kappa shape index (κ3) is 4.10. The van der Waals surface area contributed by atoms with Gasteiger partial charge in [-0.15, -0.1) is 11.3 Å². The summed E-state index contributed by atoms with van der Waals surface area (Å²) in [5.74, 6) is 0. The van der Waals surface area contributed by atoms with Crippen LogP contribution in [0.15, 0.2) is 28.5 Å². The molecule has 0 saturated heterocycles. The largest absolute Gasteiger partial charge is 0.316 e. The number of nitrogens with one attached hydrogen (secondary N) is 2. The van der Waals surface area contributed by atoms with Crippen molar-refractivity contribution in [3.63, 3.8) is 0 Å². The number of nitrogens with zero attached hydrogens (tertiary/aromatic N) is 1. The van der Waals surface area contributed by atoms with Crippen molar-refractivity contribution < 1.29 is 8.42 Å². The molecule has 0 radical (unpaired) electrons. The van der Waals surface area contributed by atoms with Crippen molar-refractivity contribution in [2.45, 2.75) is 31.8 Å². The van der Waals surface area contributed by atoms with E-state index in [1.54, 1.807) is 12.1 Å². The molecule has 1 aromatic carbocycles. The number of hydrogen-bond acceptors (Lipinski definition) is 5. The summed E-state index contributed by atoms with van der Waals surface area (Å²) in [5.41, 5.74) is 2.95. The Morgan fingerprint density at radius 2 is 2.00 bits per heavy atom. The van der Waals surface area contributed by atoms with E-state index in [2.05, 4.69) is 15.0 Å². The average Bonchev–Trinajstić information content (AvgIpc) is 2.85. The molecule has 0 aliphatic rings. The van der Waals surface area contributed by atoms with Gasteiger partial charge in [-0.1, -0.05) is 6.07 Å². The van der Waals surface area contributed by atoms with Crippen LogP contribution in [0.2, 0.25) is 0 Å². The third-order valence-corrected chi connectivity index (χ3v) is 5.44. The third-order valence-electron chi connectivity index (χ3n) is 3.08. The lowest BCUT2D eigenvalue weighted by atomic mass is 10.1. The highest BCUT2D eigenvalue weighted by Crippen LogP contribution is 2.16. The number of aromatic nitrogens is 1. The summed E-state index contributed by atoms with van der Waals surface area (Å²) in [6.45, 7) is 4.71. The summed E-state index contributed by atoms with van der Waals surface area (Å²) in [4.78, 5) is 4.53. The summed E-state index contributed by atoms with van der Waals surface area (Å²) in [6.07, 6.45) is 0. The van der Waals surface area contributed by atoms with Gasteiger partial charge in [0.25, 0.3) is 0 Å². The second-order valence-electron chi connectivity index (χ2n) is 4.83. The van der Waals surface area contributed by atoms with Crippen molar-refractivity contribution in [2.75, 3.05) is 7.05 Å². The average molecular weight is 325 g/mol. The fraction of sp³-hybridized carbons (Fsp3) is 0.357. The van der Waals surface area contributed by atoms with E-state index < -0.39 is 10.0 Å². The first kappa shape index (κ1) is 16.1. The summed E-state index contributed by atoms with van der Waals surface area (Å²) in [7, 11) is -1.68. The zero-order valence-electron chi connectivity index (χ0n) is 12.3. The Hall–Kier alpha value is -1.28. The molecular formula is C14H19N3O2S2. The molecule has 2 rings (SSSR count). The lowest BCUT2D eigenvalue weighted by Crippen LogP contribution is -2.23. The topological polar surface area (TPSA) is 71.1 Å². The molecule has 0 aliphatic heterocycles. The molecule has 0 bridgehead atoms. The van der Waals surface area contributed by atoms with E-state index in [0.717, 1.165) is 21.8 Å². The number of hydrogen-bond donors (Lipinski definition) is 2. The molecule has 1 aromatic heterocycles. The molecule has 114 valence electrons. The lowest BCUT2D eigenvalue weighted by molar-refractivity contribution is 0.581. The van der Waals surface area contributed by atoms with Crippen LogP contribution < -0.4 is 10.0 Å². The van der Waals surface area contributed by atoms with E-state index >= 15 is 0 Å². The Bertz CT molecular complexity index is 724. The normalized spacial score (nSPS) is 11.8. The SMILES string of the molecule is CNCc1cc(S(=O)(=O)NCc2nc(C)cs2)ccc1C. The first-order chi connectivity index (χ1) is 9.92. The van der Waals surface area contributed by atoms with Crippen molar-refractivity contribution >= 4 is 21.4 Å². The first-order valence-corrected chi connectivity index (χ1v) is 8.93. The van der Waals surface area contributed by atoms with E-state index in [4.69, 9.17) is 0 Å². The van der Waals surface area contributed by atoms with Crippen LogP contribution in [-0.2, 0) is 23.1 Å². The number of sulfonamides is 1. The molecule has 0 atom stereocenters. The van der Waals surface area contributed by atoms with Gasteiger partial charge in [-0.2, -0.15) is 0 Å². The number of thiazole rings is 1. The van der Waals surface area contributed by atoms with Gasteiger partial charge in [-0.3, -0.25) is 0 Å². The summed E-state index contributed by atoms with van der Waals surface area (Å²) < 4.78 is 27.2. The summed E-state index contributed by atoms with van der Waals surface area (Å²) >= 11 is 1.45. The van der Waals surface area contributed by atoms with E-state index in [1.165, 1.54) is 11.3 Å². The van der Waals surface area contributed by atoms with Gasteiger partial charge in [0.15, 0.2) is 0 Å². The second kappa shape index (κ2) is 6.65. The minimum atomic E-state index is -3.52. The van der Waals surface area contributed by atoms with Gasteiger partial charge < -0.3 is 5.32 Å². The van der Waals surface area contributed by atoms with Gasteiger partial charge >= 0.3 is 0 Å². The maximum absolute atomic E-state index is 12.3. The van der Waals surface area contributed by atoms with Gasteiger partial charge in [-0.05, 0) is 44.2 Å². The monoisotopic (exact) mass is 325 g/mol. The molecule has 0 spiro atoms. The van der Waals surface area contributed by atoms with Crippen LogP contribution in [0.4, 0.5) is 0 Å². The molecule has 21 heavy (non-hydrogen) atoms. The van der Waals surface area contributed by atoms with Gasteiger partial charge in [0.2, 0.25) is 10.0 Å². The highest BCUT2D eigenvalue weighted by Gasteiger charge is 2.15. The zero-order valence-corrected chi connectivity index (χ0v) is 13.9. The molecule has 1 heterocycles. The van der Waals surface area contributed by atoms with Crippen LogP contribution in [0, 0.1) is 13.8 Å². The number of aryl methyl sites for hydroxylation is 2. The zero-order chi connectivity index (χ0) is 15.5. The number of rotatable bonds is 6. The molecule has 7 heteroatoms. The van der Waals surface area contributed by atoms with E-state index in [-0.39, 0.29) is 11.4 Å². The van der Waals surface area contributed by atoms with Gasteiger partial charge in [0.05, 0.1) is 11.4 Å². The molecule has 0 saturated carbocycles. The predicted octanol–water partition coefficient (Wildman–Crippen LogP) is 1.96. The van der Waals surface area contributed by atoms with Crippen LogP contribution in [0.1, 0.15) is 21.8 Å². The Kier molecular flexibility index (Phi) is 5.10. The van der Waals surface area contributed by atoms with Gasteiger partial charge in [0.1, 0.15) is 5.01 Å². The Morgan fingerprint density at radius 3 is 2.62 bits per heavy atom. The van der Waals surface area contributed by atoms with E-state index in [1.807, 2.05) is 32.3 Å².